The minimum absolute atomic E-state index is 0.442. The molecular weight excluding hydrogens is 182 g/mol. The molecule has 1 unspecified atom stereocenters. The van der Waals surface area contributed by atoms with Gasteiger partial charge in [-0.3, -0.25) is 0 Å². The standard InChI is InChI=1S/C14H16N/c1-12(13-8-4-3-5-9-13)14-10-6-7-11-15(14)2/h3-12H,1-2H3/q+1. The van der Waals surface area contributed by atoms with Crippen molar-refractivity contribution in [3.63, 3.8) is 0 Å². The van der Waals surface area contributed by atoms with Crippen LogP contribution in [0.4, 0.5) is 0 Å². The van der Waals surface area contributed by atoms with Crippen LogP contribution in [-0.4, -0.2) is 0 Å². The van der Waals surface area contributed by atoms with E-state index < -0.39 is 0 Å². The third-order valence-corrected chi connectivity index (χ3v) is 2.84. The van der Waals surface area contributed by atoms with E-state index in [0.29, 0.717) is 5.92 Å². The summed E-state index contributed by atoms with van der Waals surface area (Å²) in [5, 5.41) is 0. The number of hydrogen-bond donors (Lipinski definition) is 0. The quantitative estimate of drug-likeness (QED) is 0.653. The van der Waals surface area contributed by atoms with Gasteiger partial charge in [0.1, 0.15) is 7.05 Å². The first-order valence-corrected chi connectivity index (χ1v) is 5.28. The zero-order valence-corrected chi connectivity index (χ0v) is 9.22. The summed E-state index contributed by atoms with van der Waals surface area (Å²) in [5.74, 6) is 0.442. The zero-order valence-electron chi connectivity index (χ0n) is 9.22. The fraction of sp³-hybridized carbons (Fsp3) is 0.214. The molecule has 1 aromatic heterocycles. The first-order valence-electron chi connectivity index (χ1n) is 5.28. The molecule has 0 aliphatic heterocycles. The lowest BCUT2D eigenvalue weighted by Gasteiger charge is -2.09. The minimum Gasteiger partial charge on any atom is -0.205 e. The SMILES string of the molecule is CC(c1ccccc1)c1cccc[n+]1C. The van der Waals surface area contributed by atoms with Crippen LogP contribution in [0.1, 0.15) is 24.1 Å². The van der Waals surface area contributed by atoms with Crippen LogP contribution in [0.2, 0.25) is 0 Å². The van der Waals surface area contributed by atoms with Crippen LogP contribution < -0.4 is 4.57 Å². The Morgan fingerprint density at radius 3 is 2.27 bits per heavy atom. The molecule has 0 amide bonds. The second-order valence-electron chi connectivity index (χ2n) is 3.87. The molecule has 0 bridgehead atoms. The molecule has 0 N–H and O–H groups in total. The Hall–Kier alpha value is -1.63. The Labute approximate surface area is 91.0 Å². The van der Waals surface area contributed by atoms with Gasteiger partial charge in [-0.05, 0) is 12.5 Å². The van der Waals surface area contributed by atoms with Crippen LogP contribution >= 0.6 is 0 Å². The highest BCUT2D eigenvalue weighted by Crippen LogP contribution is 2.20. The molecular formula is C14H16N+. The summed E-state index contributed by atoms with van der Waals surface area (Å²) in [6.45, 7) is 2.24. The maximum Gasteiger partial charge on any atom is 0.188 e. The van der Waals surface area contributed by atoms with Crippen molar-refractivity contribution >= 4 is 0 Å². The van der Waals surface area contributed by atoms with Crippen molar-refractivity contribution in [2.75, 3.05) is 0 Å². The number of pyridine rings is 1. The lowest BCUT2D eigenvalue weighted by atomic mass is 9.97. The maximum atomic E-state index is 2.24. The molecule has 0 saturated heterocycles. The molecule has 2 aromatic rings. The largest absolute Gasteiger partial charge is 0.205 e. The van der Waals surface area contributed by atoms with Crippen LogP contribution in [0.3, 0.4) is 0 Å². The molecule has 0 aliphatic carbocycles. The van der Waals surface area contributed by atoms with Crippen molar-refractivity contribution in [1.29, 1.82) is 0 Å². The molecule has 0 saturated carbocycles. The van der Waals surface area contributed by atoms with Crippen LogP contribution in [0, 0.1) is 0 Å². The fourth-order valence-electron chi connectivity index (χ4n) is 1.90. The number of rotatable bonds is 2. The molecule has 1 aromatic carbocycles. The number of aromatic nitrogens is 1. The molecule has 1 heterocycles. The molecule has 1 atom stereocenters. The smallest absolute Gasteiger partial charge is 0.188 e. The van der Waals surface area contributed by atoms with Crippen LogP contribution in [-0.2, 0) is 7.05 Å². The van der Waals surface area contributed by atoms with Gasteiger partial charge in [0.2, 0.25) is 0 Å². The van der Waals surface area contributed by atoms with Gasteiger partial charge < -0.3 is 0 Å². The molecule has 15 heavy (non-hydrogen) atoms. The molecule has 0 radical (unpaired) electrons. The van der Waals surface area contributed by atoms with Crippen molar-refractivity contribution in [2.24, 2.45) is 7.05 Å². The third-order valence-electron chi connectivity index (χ3n) is 2.84. The van der Waals surface area contributed by atoms with E-state index in [1.165, 1.54) is 11.3 Å². The highest BCUT2D eigenvalue weighted by molar-refractivity contribution is 5.25. The van der Waals surface area contributed by atoms with Gasteiger partial charge in [-0.1, -0.05) is 36.4 Å². The average Bonchev–Trinajstić information content (AvgIpc) is 2.30. The monoisotopic (exact) mass is 198 g/mol. The van der Waals surface area contributed by atoms with Gasteiger partial charge in [-0.25, -0.2) is 4.57 Å². The van der Waals surface area contributed by atoms with Crippen LogP contribution in [0.15, 0.2) is 54.7 Å². The first-order chi connectivity index (χ1) is 7.29. The topological polar surface area (TPSA) is 3.88 Å². The lowest BCUT2D eigenvalue weighted by molar-refractivity contribution is -0.679. The van der Waals surface area contributed by atoms with Gasteiger partial charge in [0.25, 0.3) is 0 Å². The average molecular weight is 198 g/mol. The van der Waals surface area contributed by atoms with Gasteiger partial charge in [0, 0.05) is 12.1 Å². The summed E-state index contributed by atoms with van der Waals surface area (Å²) >= 11 is 0. The molecule has 76 valence electrons. The molecule has 0 aliphatic rings. The fourth-order valence-corrected chi connectivity index (χ4v) is 1.90. The van der Waals surface area contributed by atoms with Crippen LogP contribution in [0.25, 0.3) is 0 Å². The highest BCUT2D eigenvalue weighted by Gasteiger charge is 2.15. The Bertz CT molecular complexity index is 434. The van der Waals surface area contributed by atoms with E-state index in [4.69, 9.17) is 0 Å². The van der Waals surface area contributed by atoms with Crippen molar-refractivity contribution < 1.29 is 4.57 Å². The van der Waals surface area contributed by atoms with Gasteiger partial charge in [-0.15, -0.1) is 0 Å². The Morgan fingerprint density at radius 2 is 1.60 bits per heavy atom. The highest BCUT2D eigenvalue weighted by atomic mass is 14.9. The molecule has 1 heteroatoms. The molecule has 1 nitrogen and oxygen atoms in total. The number of benzene rings is 1. The summed E-state index contributed by atoms with van der Waals surface area (Å²) in [4.78, 5) is 0. The van der Waals surface area contributed by atoms with Gasteiger partial charge in [0.05, 0.1) is 5.92 Å². The zero-order chi connectivity index (χ0) is 10.7. The van der Waals surface area contributed by atoms with Crippen molar-refractivity contribution in [3.8, 4) is 0 Å². The predicted molar refractivity (Wildman–Crippen MR) is 61.6 cm³/mol. The number of aryl methyl sites for hydroxylation is 1. The molecule has 2 rings (SSSR count). The molecule has 0 fully saturated rings. The first kappa shape index (κ1) is 9.91. The second-order valence-corrected chi connectivity index (χ2v) is 3.87. The number of hydrogen-bond acceptors (Lipinski definition) is 0. The van der Waals surface area contributed by atoms with E-state index in [0.717, 1.165) is 0 Å². The lowest BCUT2D eigenvalue weighted by Crippen LogP contribution is -2.34. The summed E-state index contributed by atoms with van der Waals surface area (Å²) in [7, 11) is 2.09. The number of nitrogens with zero attached hydrogens (tertiary/aromatic N) is 1. The van der Waals surface area contributed by atoms with E-state index in [-0.39, 0.29) is 0 Å². The molecule has 0 spiro atoms. The Balaban J connectivity index is 2.37. The predicted octanol–water partition coefficient (Wildman–Crippen LogP) is 2.66. The second kappa shape index (κ2) is 4.26. The summed E-state index contributed by atoms with van der Waals surface area (Å²) < 4.78 is 2.18. The van der Waals surface area contributed by atoms with E-state index in [1.54, 1.807) is 0 Å². The Morgan fingerprint density at radius 1 is 0.933 bits per heavy atom. The minimum atomic E-state index is 0.442. The van der Waals surface area contributed by atoms with Gasteiger partial charge in [-0.2, -0.15) is 0 Å². The summed E-state index contributed by atoms with van der Waals surface area (Å²) in [6, 6.07) is 16.9. The van der Waals surface area contributed by atoms with E-state index in [2.05, 4.69) is 73.3 Å². The van der Waals surface area contributed by atoms with Crippen molar-refractivity contribution in [2.45, 2.75) is 12.8 Å². The van der Waals surface area contributed by atoms with E-state index in [9.17, 15) is 0 Å². The van der Waals surface area contributed by atoms with Crippen molar-refractivity contribution in [1.82, 2.24) is 0 Å². The van der Waals surface area contributed by atoms with Gasteiger partial charge in [0.15, 0.2) is 11.9 Å². The van der Waals surface area contributed by atoms with E-state index >= 15 is 0 Å². The summed E-state index contributed by atoms with van der Waals surface area (Å²) in [5.41, 5.74) is 2.70. The normalized spacial score (nSPS) is 12.4. The van der Waals surface area contributed by atoms with Gasteiger partial charge >= 0.3 is 0 Å². The van der Waals surface area contributed by atoms with Crippen molar-refractivity contribution in [3.05, 3.63) is 66.0 Å². The Kier molecular flexibility index (Phi) is 2.82. The maximum absolute atomic E-state index is 2.24. The van der Waals surface area contributed by atoms with Crippen LogP contribution in [0.5, 0.6) is 0 Å². The van der Waals surface area contributed by atoms with E-state index in [1.807, 2.05) is 0 Å². The third kappa shape index (κ3) is 2.07. The summed E-state index contributed by atoms with van der Waals surface area (Å²) in [6.07, 6.45) is 2.09.